The van der Waals surface area contributed by atoms with Crippen LogP contribution in [-0.2, 0) is 14.4 Å². The highest BCUT2D eigenvalue weighted by Crippen LogP contribution is 2.46. The van der Waals surface area contributed by atoms with Gasteiger partial charge in [0, 0.05) is 35.6 Å². The number of piperidine rings is 1. The van der Waals surface area contributed by atoms with E-state index in [0.717, 1.165) is 34.6 Å². The highest BCUT2D eigenvalue weighted by atomic mass is 16.5. The summed E-state index contributed by atoms with van der Waals surface area (Å²) in [6, 6.07) is 11.5. The van der Waals surface area contributed by atoms with E-state index in [-0.39, 0.29) is 42.5 Å². The number of fused-ring (bicyclic) bond motifs is 2. The van der Waals surface area contributed by atoms with Crippen LogP contribution in [0, 0.1) is 6.92 Å². The van der Waals surface area contributed by atoms with Gasteiger partial charge in [-0.2, -0.15) is 0 Å². The molecule has 1 aliphatic carbocycles. The molecule has 3 aliphatic heterocycles. The number of carbonyl (C=O) groups is 5. The molecule has 2 fully saturated rings. The predicted octanol–water partition coefficient (Wildman–Crippen LogP) is 3.09. The molecule has 0 unspecified atom stereocenters. The summed E-state index contributed by atoms with van der Waals surface area (Å²) in [7, 11) is 0. The maximum absolute atomic E-state index is 13.7. The predicted molar refractivity (Wildman–Crippen MR) is 147 cm³/mol. The number of anilines is 3. The Morgan fingerprint density at radius 1 is 0.927 bits per heavy atom. The van der Waals surface area contributed by atoms with Crippen LogP contribution in [0.3, 0.4) is 0 Å². The first-order valence-electron chi connectivity index (χ1n) is 13.5. The maximum atomic E-state index is 13.7. The summed E-state index contributed by atoms with van der Waals surface area (Å²) in [5, 5.41) is 5.58. The fraction of sp³-hybridized carbons (Fsp3) is 0.267. The van der Waals surface area contributed by atoms with Crippen molar-refractivity contribution in [3.05, 3.63) is 65.5 Å². The van der Waals surface area contributed by atoms with Gasteiger partial charge in [-0.25, -0.2) is 0 Å². The van der Waals surface area contributed by atoms with E-state index >= 15 is 0 Å². The molecule has 1 saturated carbocycles. The van der Waals surface area contributed by atoms with Crippen molar-refractivity contribution in [2.45, 2.75) is 44.7 Å². The third-order valence-corrected chi connectivity index (χ3v) is 7.84. The number of hydrogen-bond donors (Lipinski definition) is 2. The number of ether oxygens (including phenoxy) is 1. The number of aromatic nitrogens is 1. The molecule has 4 aliphatic rings. The van der Waals surface area contributed by atoms with Gasteiger partial charge in [-0.15, -0.1) is 0 Å². The fourth-order valence-corrected chi connectivity index (χ4v) is 5.77. The van der Waals surface area contributed by atoms with Crippen molar-refractivity contribution in [3.8, 4) is 16.9 Å². The Kier molecular flexibility index (Phi) is 5.63. The van der Waals surface area contributed by atoms with Crippen molar-refractivity contribution in [1.82, 2.24) is 15.2 Å². The number of nitrogens with zero attached hydrogens (tertiary/aromatic N) is 3. The molecule has 1 aromatic heterocycles. The molecule has 41 heavy (non-hydrogen) atoms. The minimum atomic E-state index is -1.07. The summed E-state index contributed by atoms with van der Waals surface area (Å²) in [6.45, 7) is 1.85. The van der Waals surface area contributed by atoms with Gasteiger partial charge in [0.05, 0.1) is 22.5 Å². The Hall–Kier alpha value is -5.06. The largest absolute Gasteiger partial charge is 0.482 e. The van der Waals surface area contributed by atoms with Crippen molar-refractivity contribution in [2.75, 3.05) is 16.8 Å². The minimum Gasteiger partial charge on any atom is -0.482 e. The number of aryl methyl sites for hydroxylation is 1. The first-order chi connectivity index (χ1) is 19.8. The quantitative estimate of drug-likeness (QED) is 0.462. The van der Waals surface area contributed by atoms with Crippen molar-refractivity contribution in [2.24, 2.45) is 0 Å². The lowest BCUT2D eigenvalue weighted by atomic mass is 10.0. The summed E-state index contributed by atoms with van der Waals surface area (Å²) < 4.78 is 5.84. The number of imide groups is 2. The second-order valence-electron chi connectivity index (χ2n) is 10.6. The molecule has 2 aromatic carbocycles. The van der Waals surface area contributed by atoms with Gasteiger partial charge in [0.2, 0.25) is 11.8 Å². The molecule has 4 heterocycles. The van der Waals surface area contributed by atoms with Crippen LogP contribution in [0.1, 0.15) is 52.1 Å². The third-order valence-electron chi connectivity index (χ3n) is 7.84. The number of rotatable bonds is 5. The second-order valence-corrected chi connectivity index (χ2v) is 10.6. The van der Waals surface area contributed by atoms with E-state index in [1.54, 1.807) is 29.3 Å². The van der Waals surface area contributed by atoms with Crippen molar-refractivity contribution < 1.29 is 28.7 Å². The Morgan fingerprint density at radius 3 is 2.51 bits per heavy atom. The molecule has 206 valence electrons. The molecule has 3 aromatic rings. The average molecular weight is 552 g/mol. The van der Waals surface area contributed by atoms with Crippen LogP contribution >= 0.6 is 0 Å². The summed E-state index contributed by atoms with van der Waals surface area (Å²) in [4.78, 5) is 71.1. The number of carbonyl (C=O) groups excluding carboxylic acids is 5. The van der Waals surface area contributed by atoms with Gasteiger partial charge >= 0.3 is 0 Å². The molecule has 5 amide bonds. The van der Waals surface area contributed by atoms with Gasteiger partial charge in [0.1, 0.15) is 11.8 Å². The summed E-state index contributed by atoms with van der Waals surface area (Å²) in [5.74, 6) is -1.82. The van der Waals surface area contributed by atoms with Gasteiger partial charge in [0.15, 0.2) is 6.61 Å². The molecule has 0 spiro atoms. The molecule has 0 radical (unpaired) electrons. The van der Waals surface area contributed by atoms with Crippen LogP contribution in [0.25, 0.3) is 11.1 Å². The van der Waals surface area contributed by atoms with Gasteiger partial charge < -0.3 is 15.0 Å². The Bertz CT molecular complexity index is 1700. The lowest BCUT2D eigenvalue weighted by Gasteiger charge is -2.31. The number of pyridine rings is 1. The Morgan fingerprint density at radius 2 is 1.76 bits per heavy atom. The first-order valence-corrected chi connectivity index (χ1v) is 13.5. The molecular weight excluding hydrogens is 526 g/mol. The van der Waals surface area contributed by atoms with Crippen LogP contribution in [0.2, 0.25) is 0 Å². The summed E-state index contributed by atoms with van der Waals surface area (Å²) in [6.07, 6.45) is 3.64. The second kappa shape index (κ2) is 9.26. The lowest BCUT2D eigenvalue weighted by Crippen LogP contribution is -2.54. The zero-order valence-corrected chi connectivity index (χ0v) is 22.1. The minimum absolute atomic E-state index is 0.0376. The van der Waals surface area contributed by atoms with E-state index in [1.165, 1.54) is 0 Å². The third kappa shape index (κ3) is 4.12. The number of amides is 5. The summed E-state index contributed by atoms with van der Waals surface area (Å²) >= 11 is 0. The number of benzene rings is 2. The van der Waals surface area contributed by atoms with Crippen molar-refractivity contribution >= 4 is 46.6 Å². The topological polar surface area (TPSA) is 138 Å². The number of nitrogens with one attached hydrogen (secondary N) is 2. The molecule has 1 saturated heterocycles. The van der Waals surface area contributed by atoms with Gasteiger partial charge in [-0.1, -0.05) is 6.07 Å². The summed E-state index contributed by atoms with van der Waals surface area (Å²) in [5.41, 5.74) is 4.35. The molecule has 7 rings (SSSR count). The highest BCUT2D eigenvalue weighted by molar-refractivity contribution is 6.25. The van der Waals surface area contributed by atoms with Crippen molar-refractivity contribution in [1.29, 1.82) is 0 Å². The average Bonchev–Trinajstić information content (AvgIpc) is 3.75. The SMILES string of the molecule is Cc1cc(-c2cc3c(cc2Nc2cccc4c2C(=O)N([C@H]2CCC(=O)NC2=O)C4=O)N(C2CC2)C(=O)CO3)ccn1. The van der Waals surface area contributed by atoms with Crippen LogP contribution in [0.4, 0.5) is 17.1 Å². The number of hydrogen-bond acceptors (Lipinski definition) is 8. The van der Waals surface area contributed by atoms with Crippen LogP contribution in [0.15, 0.2) is 48.7 Å². The molecule has 1 atom stereocenters. The molecule has 0 bridgehead atoms. The Labute approximate surface area is 234 Å². The monoisotopic (exact) mass is 551 g/mol. The van der Waals surface area contributed by atoms with E-state index in [0.29, 0.717) is 22.8 Å². The highest BCUT2D eigenvalue weighted by Gasteiger charge is 2.46. The van der Waals surface area contributed by atoms with Crippen molar-refractivity contribution in [3.63, 3.8) is 0 Å². The fourth-order valence-electron chi connectivity index (χ4n) is 5.77. The van der Waals surface area contributed by atoms with Crippen LogP contribution in [-0.4, -0.2) is 58.1 Å². The van der Waals surface area contributed by atoms with E-state index in [2.05, 4.69) is 15.6 Å². The Balaban J connectivity index is 1.32. The first kappa shape index (κ1) is 24.9. The van der Waals surface area contributed by atoms with Crippen LogP contribution in [0.5, 0.6) is 5.75 Å². The molecular formula is C30H25N5O6. The zero-order chi connectivity index (χ0) is 28.4. The molecule has 11 nitrogen and oxygen atoms in total. The van der Waals surface area contributed by atoms with E-state index in [4.69, 9.17) is 4.74 Å². The zero-order valence-electron chi connectivity index (χ0n) is 22.1. The van der Waals surface area contributed by atoms with Gasteiger partial charge in [-0.05, 0) is 68.1 Å². The van der Waals surface area contributed by atoms with Crippen LogP contribution < -0.4 is 20.3 Å². The standard InChI is InChI=1S/C30H25N5O6/c1-15-11-16(9-10-31-15)19-12-24-23(34(17-5-6-17)26(37)14-41-24)13-21(19)32-20-4-2-3-18-27(20)30(40)35(29(18)39)22-7-8-25(36)33-28(22)38/h2-4,9-13,17,22,32H,5-8,14H2,1H3,(H,33,36,38)/t22-/m0/s1. The van der Waals surface area contributed by atoms with E-state index < -0.39 is 29.7 Å². The maximum Gasteiger partial charge on any atom is 0.265 e. The molecule has 11 heteroatoms. The van der Waals surface area contributed by atoms with E-state index in [1.807, 2.05) is 31.2 Å². The normalized spacial score (nSPS) is 20.0. The van der Waals surface area contributed by atoms with Gasteiger partial charge in [0.25, 0.3) is 17.7 Å². The van der Waals surface area contributed by atoms with Gasteiger partial charge in [-0.3, -0.25) is 39.2 Å². The lowest BCUT2D eigenvalue weighted by molar-refractivity contribution is -0.136. The van der Waals surface area contributed by atoms with E-state index in [9.17, 15) is 24.0 Å². The smallest absolute Gasteiger partial charge is 0.265 e. The molecule has 2 N–H and O–H groups in total.